The van der Waals surface area contributed by atoms with Crippen molar-refractivity contribution in [3.8, 4) is 0 Å². The van der Waals surface area contributed by atoms with Gasteiger partial charge in [-0.2, -0.15) is 0 Å². The third-order valence-corrected chi connectivity index (χ3v) is 5.30. The lowest BCUT2D eigenvalue weighted by Crippen LogP contribution is -2.47. The van der Waals surface area contributed by atoms with Crippen LogP contribution in [0.15, 0.2) is 29.3 Å². The highest BCUT2D eigenvalue weighted by atomic mass is 32.2. The lowest BCUT2D eigenvalue weighted by molar-refractivity contribution is -0.0658. The Morgan fingerprint density at radius 3 is 3.00 bits per heavy atom. The van der Waals surface area contributed by atoms with Crippen molar-refractivity contribution in [3.05, 3.63) is 34.8 Å². The Balaban J connectivity index is 2.30. The van der Waals surface area contributed by atoms with Crippen LogP contribution >= 0.6 is 23.5 Å². The number of hydroxylamine groups is 1. The zero-order chi connectivity index (χ0) is 12.8. The molecule has 3 rings (SSSR count). The first-order valence-electron chi connectivity index (χ1n) is 5.50. The molecule has 0 saturated heterocycles. The second-order valence-electron chi connectivity index (χ2n) is 3.97. The number of para-hydroxylation sites is 1. The van der Waals surface area contributed by atoms with E-state index in [1.807, 2.05) is 30.5 Å². The number of thioether (sulfide) groups is 2. The number of benzene rings is 1. The number of fused-ring (bicyclic) bond motifs is 2. The Labute approximate surface area is 113 Å². The minimum atomic E-state index is -1.17. The predicted octanol–water partition coefficient (Wildman–Crippen LogP) is 0.0153. The minimum absolute atomic E-state index is 0.510. The summed E-state index contributed by atoms with van der Waals surface area (Å²) < 4.78 is 2.43. The summed E-state index contributed by atoms with van der Waals surface area (Å²) >= 11 is 2.87. The Kier molecular flexibility index (Phi) is 2.88. The normalized spacial score (nSPS) is 25.6. The topological polar surface area (TPSA) is 44.8 Å². The van der Waals surface area contributed by atoms with Crippen molar-refractivity contribution >= 4 is 33.5 Å². The second-order valence-corrected chi connectivity index (χ2v) is 6.18. The van der Waals surface area contributed by atoms with Crippen LogP contribution in [0.3, 0.4) is 0 Å². The standard InChI is InChI=1S/C12H13N2O2S2/c1-16-14-10-6-4-3-5-8(10)9-7-13-11(17-2)18-12(9,14)15/h3-6,15H,7H2,1-2H3/q+1. The van der Waals surface area contributed by atoms with E-state index >= 15 is 0 Å². The molecule has 2 aliphatic rings. The lowest BCUT2D eigenvalue weighted by atomic mass is 10.1. The Hall–Kier alpha value is -0.980. The first-order chi connectivity index (χ1) is 8.70. The third-order valence-electron chi connectivity index (χ3n) is 3.07. The Bertz CT molecular complexity index is 656. The molecule has 94 valence electrons. The monoisotopic (exact) mass is 281 g/mol. The molecule has 1 atom stereocenters. The number of nitrogens with zero attached hydrogens (tertiary/aromatic N) is 2. The molecule has 0 spiro atoms. The third kappa shape index (κ3) is 1.52. The summed E-state index contributed by atoms with van der Waals surface area (Å²) in [6.45, 7) is 0.510. The van der Waals surface area contributed by atoms with Crippen molar-refractivity contribution in [2.75, 3.05) is 19.9 Å². The number of hydrogen-bond acceptors (Lipinski definition) is 5. The minimum Gasteiger partial charge on any atom is -0.318 e. The van der Waals surface area contributed by atoms with Crippen LogP contribution in [0.5, 0.6) is 0 Å². The molecule has 6 heteroatoms. The fraction of sp³-hybridized carbons (Fsp3) is 0.333. The zero-order valence-corrected chi connectivity index (χ0v) is 11.7. The summed E-state index contributed by atoms with van der Waals surface area (Å²) in [6.07, 6.45) is 1.96. The van der Waals surface area contributed by atoms with E-state index in [0.717, 1.165) is 20.5 Å². The van der Waals surface area contributed by atoms with Crippen LogP contribution in [0.4, 0.5) is 0 Å². The summed E-state index contributed by atoms with van der Waals surface area (Å²) in [4.78, 5) is 9.85. The van der Waals surface area contributed by atoms with Gasteiger partial charge in [0.1, 0.15) is 11.5 Å². The predicted molar refractivity (Wildman–Crippen MR) is 75.7 cm³/mol. The van der Waals surface area contributed by atoms with Crippen LogP contribution in [0.1, 0.15) is 0 Å². The van der Waals surface area contributed by atoms with Gasteiger partial charge in [0.25, 0.3) is 5.36 Å². The van der Waals surface area contributed by atoms with Gasteiger partial charge < -0.3 is 5.11 Å². The van der Waals surface area contributed by atoms with Crippen molar-refractivity contribution in [1.82, 2.24) is 4.74 Å². The Morgan fingerprint density at radius 1 is 1.50 bits per heavy atom. The second kappa shape index (κ2) is 4.29. The van der Waals surface area contributed by atoms with E-state index in [2.05, 4.69) is 4.99 Å². The van der Waals surface area contributed by atoms with Gasteiger partial charge >= 0.3 is 5.06 Å². The zero-order valence-electron chi connectivity index (χ0n) is 10.1. The average Bonchev–Trinajstić information content (AvgIpc) is 2.65. The summed E-state index contributed by atoms with van der Waals surface area (Å²) in [5, 5.41) is 11.7. The highest BCUT2D eigenvalue weighted by Crippen LogP contribution is 2.39. The fourth-order valence-electron chi connectivity index (χ4n) is 2.28. The van der Waals surface area contributed by atoms with Crippen LogP contribution in [-0.2, 0) is 4.84 Å². The van der Waals surface area contributed by atoms with E-state index in [9.17, 15) is 5.11 Å². The molecule has 0 amide bonds. The maximum atomic E-state index is 10.9. The fourth-order valence-corrected chi connectivity index (χ4v) is 4.09. The van der Waals surface area contributed by atoms with E-state index < -0.39 is 5.06 Å². The van der Waals surface area contributed by atoms with E-state index in [4.69, 9.17) is 4.84 Å². The van der Waals surface area contributed by atoms with Crippen LogP contribution in [-0.4, -0.2) is 34.4 Å². The summed E-state index contributed by atoms with van der Waals surface area (Å²) in [6, 6.07) is 7.84. The number of rotatable bonds is 1. The van der Waals surface area contributed by atoms with Gasteiger partial charge in [0.15, 0.2) is 0 Å². The Morgan fingerprint density at radius 2 is 2.28 bits per heavy atom. The molecule has 1 N–H and O–H groups in total. The van der Waals surface area contributed by atoms with Gasteiger partial charge in [-0.15, -0.1) is 11.8 Å². The number of aliphatic imine (C=N–C) groups is 1. The van der Waals surface area contributed by atoms with Gasteiger partial charge in [-0.1, -0.05) is 12.1 Å². The average molecular weight is 281 g/mol. The molecule has 2 aliphatic heterocycles. The molecule has 0 saturated carbocycles. The van der Waals surface area contributed by atoms with Crippen LogP contribution in [0, 0.1) is 0 Å². The maximum Gasteiger partial charge on any atom is 0.394 e. The van der Waals surface area contributed by atoms with Gasteiger partial charge in [0.2, 0.25) is 0 Å². The maximum absolute atomic E-state index is 10.9. The van der Waals surface area contributed by atoms with E-state index in [1.165, 1.54) is 11.8 Å². The molecule has 0 radical (unpaired) electrons. The number of hydrogen-bond donors (Lipinski definition) is 1. The molecule has 1 unspecified atom stereocenters. The van der Waals surface area contributed by atoms with E-state index in [1.54, 1.807) is 23.6 Å². The molecule has 0 aromatic heterocycles. The van der Waals surface area contributed by atoms with Crippen molar-refractivity contribution in [3.63, 3.8) is 0 Å². The summed E-state index contributed by atoms with van der Waals surface area (Å²) in [5.41, 5.74) is 0.891. The van der Waals surface area contributed by atoms with Gasteiger partial charge in [-0.05, 0) is 12.3 Å². The molecule has 4 nitrogen and oxygen atoms in total. The molecule has 0 fully saturated rings. The van der Waals surface area contributed by atoms with Gasteiger partial charge in [-0.3, -0.25) is 9.83 Å². The highest BCUT2D eigenvalue weighted by Gasteiger charge is 2.54. The van der Waals surface area contributed by atoms with Crippen molar-refractivity contribution in [2.45, 2.75) is 5.06 Å². The lowest BCUT2D eigenvalue weighted by Gasteiger charge is -2.23. The molecule has 0 bridgehead atoms. The van der Waals surface area contributed by atoms with Crippen LogP contribution < -0.4 is 15.3 Å². The van der Waals surface area contributed by atoms with Crippen molar-refractivity contribution in [2.24, 2.45) is 4.99 Å². The summed E-state index contributed by atoms with van der Waals surface area (Å²) in [7, 11) is 1.57. The summed E-state index contributed by atoms with van der Waals surface area (Å²) in [5.74, 6) is 0. The van der Waals surface area contributed by atoms with E-state index in [0.29, 0.717) is 6.54 Å². The molecular weight excluding hydrogens is 268 g/mol. The van der Waals surface area contributed by atoms with Crippen molar-refractivity contribution in [1.29, 1.82) is 0 Å². The van der Waals surface area contributed by atoms with Crippen molar-refractivity contribution < 1.29 is 9.94 Å². The molecule has 2 heterocycles. The quantitative estimate of drug-likeness (QED) is 0.737. The molecule has 0 aliphatic carbocycles. The smallest absolute Gasteiger partial charge is 0.318 e. The van der Waals surface area contributed by atoms with Crippen LogP contribution in [0.2, 0.25) is 0 Å². The SMILES string of the molecule is CO[N+]1=c2ccccc2=C2CN=C(SC)SC21O. The van der Waals surface area contributed by atoms with Gasteiger partial charge in [0.05, 0.1) is 17.3 Å². The molecule has 1 aromatic rings. The molecule has 1 aromatic carbocycles. The van der Waals surface area contributed by atoms with Gasteiger partial charge in [0, 0.05) is 22.6 Å². The largest absolute Gasteiger partial charge is 0.394 e. The first-order valence-corrected chi connectivity index (χ1v) is 7.54. The van der Waals surface area contributed by atoms with Gasteiger partial charge in [-0.25, -0.2) is 0 Å². The van der Waals surface area contributed by atoms with E-state index in [-0.39, 0.29) is 0 Å². The molecule has 18 heavy (non-hydrogen) atoms. The molecular formula is C12H13N2O2S2+. The number of aliphatic hydroxyl groups is 1. The first kappa shape index (κ1) is 12.1. The highest BCUT2D eigenvalue weighted by molar-refractivity contribution is 8.39. The van der Waals surface area contributed by atoms with Crippen LogP contribution in [0.25, 0.3) is 5.57 Å².